The van der Waals surface area contributed by atoms with E-state index in [0.717, 1.165) is 16.7 Å². The van der Waals surface area contributed by atoms with Gasteiger partial charge in [0, 0.05) is 16.5 Å². The maximum absolute atomic E-state index is 2.47. The first-order valence-electron chi connectivity index (χ1n) is 24.5. The Morgan fingerprint density at radius 1 is 0.214 bits per heavy atom. The molecule has 0 aliphatic carbocycles. The van der Waals surface area contributed by atoms with Gasteiger partial charge in [0.15, 0.2) is 0 Å². The van der Waals surface area contributed by atoms with E-state index in [1.165, 1.54) is 106 Å². The van der Waals surface area contributed by atoms with Crippen LogP contribution < -0.4 is 0 Å². The summed E-state index contributed by atoms with van der Waals surface area (Å²) in [5.74, 6) is 0. The lowest BCUT2D eigenvalue weighted by molar-refractivity contribution is 1.09. The van der Waals surface area contributed by atoms with Gasteiger partial charge in [0.25, 0.3) is 0 Å². The van der Waals surface area contributed by atoms with E-state index in [1.807, 2.05) is 0 Å². The van der Waals surface area contributed by atoms with Gasteiger partial charge >= 0.3 is 0 Å². The minimum atomic E-state index is 1.12. The third-order valence-electron chi connectivity index (χ3n) is 13.2. The molecule has 0 saturated heterocycles. The van der Waals surface area contributed by atoms with Crippen LogP contribution in [0.1, 0.15) is 20.3 Å². The molecule has 1 aromatic heterocycles. The van der Waals surface area contributed by atoms with Crippen molar-refractivity contribution in [1.29, 1.82) is 0 Å². The predicted molar refractivity (Wildman–Crippen MR) is 300 cm³/mol. The van der Waals surface area contributed by atoms with Crippen LogP contribution in [-0.2, 0) is 0 Å². The quantitative estimate of drug-likeness (QED) is 0.136. The molecular formula is C69H53N. The second-order valence-electron chi connectivity index (χ2n) is 18.0. The molecule has 0 fully saturated rings. The molecule has 0 aliphatic rings. The summed E-state index contributed by atoms with van der Waals surface area (Å²) < 4.78 is 2.47. The molecule has 0 saturated carbocycles. The molecule has 1 heteroatoms. The van der Waals surface area contributed by atoms with Crippen molar-refractivity contribution in [1.82, 2.24) is 4.57 Å². The largest absolute Gasteiger partial charge is 0.309 e. The fraction of sp³-hybridized carbons (Fsp3) is 0.0435. The normalized spacial score (nSPS) is 11.1. The molecule has 70 heavy (non-hydrogen) atoms. The first-order chi connectivity index (χ1) is 34.6. The van der Waals surface area contributed by atoms with Gasteiger partial charge in [-0.2, -0.15) is 0 Å². The zero-order valence-electron chi connectivity index (χ0n) is 39.6. The number of fused-ring (bicyclic) bond motifs is 3. The summed E-state index contributed by atoms with van der Waals surface area (Å²) in [6.45, 7) is 4.25. The van der Waals surface area contributed by atoms with Crippen LogP contribution in [0.4, 0.5) is 0 Å². The Morgan fingerprint density at radius 3 is 0.700 bits per heavy atom. The smallest absolute Gasteiger partial charge is 0.0541 e. The highest BCUT2D eigenvalue weighted by Crippen LogP contribution is 2.40. The molecule has 0 atom stereocenters. The van der Waals surface area contributed by atoms with E-state index in [-0.39, 0.29) is 0 Å². The van der Waals surface area contributed by atoms with E-state index in [9.17, 15) is 0 Å². The Labute approximate surface area is 412 Å². The van der Waals surface area contributed by atoms with Gasteiger partial charge in [-0.15, -0.1) is 0 Å². The van der Waals surface area contributed by atoms with Crippen LogP contribution in [-0.4, -0.2) is 4.57 Å². The molecular weight excluding hydrogens is 843 g/mol. The molecule has 0 radical (unpaired) electrons. The predicted octanol–water partition coefficient (Wildman–Crippen LogP) is 19.5. The highest BCUT2D eigenvalue weighted by Gasteiger charge is 2.17. The van der Waals surface area contributed by atoms with Gasteiger partial charge in [-0.1, -0.05) is 251 Å². The fourth-order valence-electron chi connectivity index (χ4n) is 9.68. The minimum Gasteiger partial charge on any atom is -0.309 e. The monoisotopic (exact) mass is 895 g/mol. The average molecular weight is 896 g/mol. The summed E-state index contributed by atoms with van der Waals surface area (Å²) >= 11 is 0. The Hall–Kier alpha value is -8.78. The summed E-state index contributed by atoms with van der Waals surface area (Å²) in [5, 5.41) is 2.43. The van der Waals surface area contributed by atoms with Crippen molar-refractivity contribution < 1.29 is 0 Å². The number of benzene rings is 11. The van der Waals surface area contributed by atoms with Crippen molar-refractivity contribution in [3.63, 3.8) is 0 Å². The van der Waals surface area contributed by atoms with Crippen molar-refractivity contribution in [2.24, 2.45) is 0 Å². The van der Waals surface area contributed by atoms with E-state index >= 15 is 0 Å². The summed E-state index contributed by atoms with van der Waals surface area (Å²) in [7, 11) is 0. The van der Waals surface area contributed by atoms with E-state index in [1.54, 1.807) is 0 Å². The van der Waals surface area contributed by atoms with Gasteiger partial charge in [-0.3, -0.25) is 0 Å². The highest BCUT2D eigenvalue weighted by atomic mass is 15.0. The van der Waals surface area contributed by atoms with Crippen LogP contribution in [0.25, 0.3) is 117 Å². The highest BCUT2D eigenvalue weighted by molar-refractivity contribution is 6.12. The van der Waals surface area contributed by atoms with Crippen molar-refractivity contribution in [2.75, 3.05) is 0 Å². The molecule has 1 nitrogen and oxygen atoms in total. The lowest BCUT2D eigenvalue weighted by Gasteiger charge is -2.15. The average Bonchev–Trinajstić information content (AvgIpc) is 3.77. The van der Waals surface area contributed by atoms with E-state index in [0.29, 0.717) is 0 Å². The second-order valence-corrected chi connectivity index (χ2v) is 18.0. The summed E-state index contributed by atoms with van der Waals surface area (Å²) in [6, 6.07) is 99.5. The topological polar surface area (TPSA) is 4.93 Å². The van der Waals surface area contributed by atoms with Gasteiger partial charge in [0.05, 0.1) is 11.0 Å². The van der Waals surface area contributed by atoms with Crippen LogP contribution >= 0.6 is 0 Å². The van der Waals surface area contributed by atoms with E-state index in [4.69, 9.17) is 0 Å². The molecule has 0 unspecified atom stereocenters. The summed E-state index contributed by atoms with van der Waals surface area (Å²) in [6.07, 6.45) is 1.25. The SMILES string of the molecule is CCC.c1ccc(-c2ccc(-c3cc(-c4ccc(-c5ccccc5)cc4)cc(-n4c5ccc(-c6ccc(-c7ccccc7)cc6)cc5c5cc(-c6ccc(-c7ccccc7)cc6)ccc54)c3)cc2)cc1. The Kier molecular flexibility index (Phi) is 12.4. The van der Waals surface area contributed by atoms with Crippen LogP contribution in [0, 0.1) is 0 Å². The standard InChI is InChI=1S/C66H45N.C3H8/c1-5-13-46(14-6-1)50-21-29-54(30-22-50)58-37-39-65-63(44-58)64-45-59(55-31-23-51(24-32-55)47-15-7-2-8-16-47)38-40-66(64)67(65)62-42-60(56-33-25-52(26-34-56)48-17-9-3-10-18-48)41-61(43-62)57-35-27-53(28-36-57)49-19-11-4-12-20-49;1-3-2/h1-45H;3H2,1-2H3. The maximum atomic E-state index is 2.47. The van der Waals surface area contributed by atoms with Gasteiger partial charge in [0.2, 0.25) is 0 Å². The van der Waals surface area contributed by atoms with Crippen molar-refractivity contribution >= 4 is 21.8 Å². The maximum Gasteiger partial charge on any atom is 0.0541 e. The third-order valence-corrected chi connectivity index (χ3v) is 13.2. The Morgan fingerprint density at radius 2 is 0.429 bits per heavy atom. The lowest BCUT2D eigenvalue weighted by Crippen LogP contribution is -1.96. The van der Waals surface area contributed by atoms with Crippen molar-refractivity contribution in [3.05, 3.63) is 273 Å². The number of hydrogen-bond donors (Lipinski definition) is 0. The van der Waals surface area contributed by atoms with Crippen LogP contribution in [0.5, 0.6) is 0 Å². The summed E-state index contributed by atoms with van der Waals surface area (Å²) in [5.41, 5.74) is 22.6. The number of aromatic nitrogens is 1. The van der Waals surface area contributed by atoms with Crippen LogP contribution in [0.15, 0.2) is 273 Å². The molecule has 0 spiro atoms. The van der Waals surface area contributed by atoms with Gasteiger partial charge in [-0.25, -0.2) is 0 Å². The second kappa shape index (κ2) is 19.8. The zero-order chi connectivity index (χ0) is 47.2. The Bertz CT molecular complexity index is 3420. The lowest BCUT2D eigenvalue weighted by atomic mass is 9.95. The number of hydrogen-bond acceptors (Lipinski definition) is 0. The van der Waals surface area contributed by atoms with E-state index < -0.39 is 0 Å². The summed E-state index contributed by atoms with van der Waals surface area (Å²) in [4.78, 5) is 0. The van der Waals surface area contributed by atoms with E-state index in [2.05, 4.69) is 291 Å². The minimum absolute atomic E-state index is 1.12. The molecule has 12 rings (SSSR count). The number of rotatable bonds is 9. The molecule has 0 bridgehead atoms. The van der Waals surface area contributed by atoms with Gasteiger partial charge < -0.3 is 4.57 Å². The molecule has 1 heterocycles. The van der Waals surface area contributed by atoms with Crippen molar-refractivity contribution in [2.45, 2.75) is 20.3 Å². The first-order valence-corrected chi connectivity index (χ1v) is 24.5. The number of nitrogens with zero attached hydrogens (tertiary/aromatic N) is 1. The van der Waals surface area contributed by atoms with Gasteiger partial charge in [0.1, 0.15) is 0 Å². The molecule has 0 aliphatic heterocycles. The molecule has 334 valence electrons. The zero-order valence-corrected chi connectivity index (χ0v) is 39.6. The van der Waals surface area contributed by atoms with Crippen LogP contribution in [0.2, 0.25) is 0 Å². The fourth-order valence-corrected chi connectivity index (χ4v) is 9.68. The van der Waals surface area contributed by atoms with Crippen LogP contribution in [0.3, 0.4) is 0 Å². The Balaban J connectivity index is 0.00000174. The molecule has 11 aromatic carbocycles. The van der Waals surface area contributed by atoms with Crippen molar-refractivity contribution in [3.8, 4) is 94.7 Å². The molecule has 0 N–H and O–H groups in total. The molecule has 0 amide bonds. The first kappa shape index (κ1) is 43.8. The molecule has 12 aromatic rings. The third kappa shape index (κ3) is 9.01. The van der Waals surface area contributed by atoms with Gasteiger partial charge in [-0.05, 0) is 131 Å².